The van der Waals surface area contributed by atoms with Crippen LogP contribution in [0.4, 0.5) is 0 Å². The van der Waals surface area contributed by atoms with Crippen LogP contribution in [0.2, 0.25) is 0 Å². The van der Waals surface area contributed by atoms with Gasteiger partial charge >= 0.3 is 5.97 Å². The van der Waals surface area contributed by atoms with Gasteiger partial charge in [0.25, 0.3) is 0 Å². The molecule has 1 aliphatic rings. The molecular weight excluding hydrogens is 382 g/mol. The predicted octanol–water partition coefficient (Wildman–Crippen LogP) is 1.71. The Balaban J connectivity index is 1.66. The van der Waals surface area contributed by atoms with E-state index in [9.17, 15) is 9.59 Å². The van der Waals surface area contributed by atoms with Gasteiger partial charge in [0.2, 0.25) is 11.1 Å². The Morgan fingerprint density at radius 1 is 1.25 bits per heavy atom. The molecule has 9 nitrogen and oxygen atoms in total. The van der Waals surface area contributed by atoms with Crippen molar-refractivity contribution in [2.24, 2.45) is 0 Å². The molecule has 0 unspecified atom stereocenters. The number of nitrogens with zero attached hydrogens (tertiary/aromatic N) is 5. The quantitative estimate of drug-likeness (QED) is 0.507. The fourth-order valence-electron chi connectivity index (χ4n) is 3.08. The molecular formula is C18H23N5O4S. The molecule has 0 saturated carbocycles. The molecule has 1 saturated heterocycles. The van der Waals surface area contributed by atoms with Crippen LogP contribution in [-0.2, 0) is 14.3 Å². The Hall–Kier alpha value is -2.62. The first-order chi connectivity index (χ1) is 13.6. The summed E-state index contributed by atoms with van der Waals surface area (Å²) < 4.78 is 11.8. The maximum Gasteiger partial charge on any atom is 0.328 e. The maximum absolute atomic E-state index is 12.7. The van der Waals surface area contributed by atoms with Crippen LogP contribution in [0.3, 0.4) is 0 Å². The highest BCUT2D eigenvalue weighted by molar-refractivity contribution is 7.99. The molecule has 2 heterocycles. The summed E-state index contributed by atoms with van der Waals surface area (Å²) in [7, 11) is 1.60. The molecule has 0 N–H and O–H groups in total. The number of rotatable bonds is 7. The molecule has 0 aliphatic carbocycles. The van der Waals surface area contributed by atoms with E-state index in [0.29, 0.717) is 24.7 Å². The van der Waals surface area contributed by atoms with Crippen LogP contribution >= 0.6 is 11.8 Å². The van der Waals surface area contributed by atoms with Crippen molar-refractivity contribution in [3.63, 3.8) is 0 Å². The lowest BCUT2D eigenvalue weighted by Gasteiger charge is -2.33. The predicted molar refractivity (Wildman–Crippen MR) is 102 cm³/mol. The summed E-state index contributed by atoms with van der Waals surface area (Å²) in [6, 6.07) is 6.80. The topological polar surface area (TPSA) is 99.4 Å². The van der Waals surface area contributed by atoms with Crippen LogP contribution < -0.4 is 4.74 Å². The van der Waals surface area contributed by atoms with Gasteiger partial charge in [-0.2, -0.15) is 4.68 Å². The van der Waals surface area contributed by atoms with E-state index in [0.717, 1.165) is 24.3 Å². The van der Waals surface area contributed by atoms with Crippen molar-refractivity contribution in [1.29, 1.82) is 0 Å². The molecule has 0 bridgehead atoms. The molecule has 1 aromatic heterocycles. The first-order valence-corrected chi connectivity index (χ1v) is 10.1. The lowest BCUT2D eigenvalue weighted by molar-refractivity contribution is -0.155. The van der Waals surface area contributed by atoms with Crippen LogP contribution in [0.1, 0.15) is 26.2 Å². The van der Waals surface area contributed by atoms with Gasteiger partial charge in [0.15, 0.2) is 0 Å². The van der Waals surface area contributed by atoms with Crippen molar-refractivity contribution in [2.45, 2.75) is 37.4 Å². The lowest BCUT2D eigenvalue weighted by Crippen LogP contribution is -2.49. The Kier molecular flexibility index (Phi) is 6.85. The summed E-state index contributed by atoms with van der Waals surface area (Å²) in [4.78, 5) is 26.5. The first-order valence-electron chi connectivity index (χ1n) is 9.15. The van der Waals surface area contributed by atoms with E-state index in [1.807, 2.05) is 24.3 Å². The summed E-state index contributed by atoms with van der Waals surface area (Å²) >= 11 is 1.24. The van der Waals surface area contributed by atoms with Crippen LogP contribution in [-0.4, -0.2) is 69.0 Å². The van der Waals surface area contributed by atoms with Crippen LogP contribution in [0.25, 0.3) is 5.69 Å². The van der Waals surface area contributed by atoms with Crippen molar-refractivity contribution in [3.05, 3.63) is 24.3 Å². The number of hydrogen-bond donors (Lipinski definition) is 0. The number of esters is 1. The second kappa shape index (κ2) is 9.54. The number of likely N-dealkylation sites (tertiary alicyclic amines) is 1. The second-order valence-corrected chi connectivity index (χ2v) is 7.15. The van der Waals surface area contributed by atoms with E-state index in [2.05, 4.69) is 15.5 Å². The van der Waals surface area contributed by atoms with E-state index in [-0.39, 0.29) is 17.6 Å². The van der Waals surface area contributed by atoms with Crippen LogP contribution in [0, 0.1) is 0 Å². The highest BCUT2D eigenvalue weighted by Crippen LogP contribution is 2.23. The van der Waals surface area contributed by atoms with E-state index in [4.69, 9.17) is 9.47 Å². The number of piperidine rings is 1. The van der Waals surface area contributed by atoms with Gasteiger partial charge in [0.1, 0.15) is 11.8 Å². The molecule has 1 amide bonds. The highest BCUT2D eigenvalue weighted by atomic mass is 32.2. The van der Waals surface area contributed by atoms with Crippen molar-refractivity contribution < 1.29 is 19.1 Å². The lowest BCUT2D eigenvalue weighted by atomic mass is 10.0. The van der Waals surface area contributed by atoms with Gasteiger partial charge in [-0.15, -0.1) is 5.10 Å². The molecule has 150 valence electrons. The zero-order valence-corrected chi connectivity index (χ0v) is 16.7. The summed E-state index contributed by atoms with van der Waals surface area (Å²) in [5.41, 5.74) is 0.767. The summed E-state index contributed by atoms with van der Waals surface area (Å²) in [6.07, 6.45) is 2.44. The molecule has 28 heavy (non-hydrogen) atoms. The minimum Gasteiger partial charge on any atom is -0.497 e. The molecule has 1 aliphatic heterocycles. The maximum atomic E-state index is 12.7. The van der Waals surface area contributed by atoms with Gasteiger partial charge < -0.3 is 14.4 Å². The highest BCUT2D eigenvalue weighted by Gasteiger charge is 2.33. The van der Waals surface area contributed by atoms with Crippen molar-refractivity contribution in [3.8, 4) is 11.4 Å². The summed E-state index contributed by atoms with van der Waals surface area (Å²) in [6.45, 7) is 2.64. The molecule has 1 fully saturated rings. The number of carbonyl (C=O) groups excluding carboxylic acids is 2. The summed E-state index contributed by atoms with van der Waals surface area (Å²) in [5.74, 6) is 0.429. The minimum absolute atomic E-state index is 0.118. The Labute approximate surface area is 167 Å². The average molecular weight is 405 g/mol. The van der Waals surface area contributed by atoms with E-state index in [1.165, 1.54) is 11.8 Å². The fraction of sp³-hybridized carbons (Fsp3) is 0.500. The van der Waals surface area contributed by atoms with Crippen molar-refractivity contribution in [2.75, 3.05) is 26.0 Å². The third kappa shape index (κ3) is 4.61. The first kappa shape index (κ1) is 20.1. The zero-order chi connectivity index (χ0) is 19.9. The van der Waals surface area contributed by atoms with E-state index in [1.54, 1.807) is 23.6 Å². The molecule has 0 spiro atoms. The third-order valence-corrected chi connectivity index (χ3v) is 5.37. The van der Waals surface area contributed by atoms with Gasteiger partial charge in [-0.3, -0.25) is 4.79 Å². The monoisotopic (exact) mass is 405 g/mol. The number of amides is 1. The van der Waals surface area contributed by atoms with E-state index < -0.39 is 6.04 Å². The number of aromatic nitrogens is 4. The van der Waals surface area contributed by atoms with Gasteiger partial charge in [-0.25, -0.2) is 4.79 Å². The Morgan fingerprint density at radius 2 is 2.04 bits per heavy atom. The van der Waals surface area contributed by atoms with Gasteiger partial charge in [-0.1, -0.05) is 11.8 Å². The standard InChI is InChI=1S/C18H23N5O4S/c1-3-27-17(25)15-6-4-5-11-22(15)16(24)12-28-18-19-20-21-23(18)13-7-9-14(26-2)10-8-13/h7-10,15H,3-6,11-12H2,1-2H3/t15-/m1/s1. The molecule has 1 aromatic carbocycles. The Bertz CT molecular complexity index is 811. The normalized spacial score (nSPS) is 16.6. The fourth-order valence-corrected chi connectivity index (χ4v) is 3.85. The van der Waals surface area contributed by atoms with Gasteiger partial charge in [0.05, 0.1) is 25.2 Å². The molecule has 3 rings (SSSR count). The van der Waals surface area contributed by atoms with Gasteiger partial charge in [-0.05, 0) is 60.9 Å². The average Bonchev–Trinajstić information content (AvgIpc) is 3.21. The number of thioether (sulfide) groups is 1. The molecule has 1 atom stereocenters. The van der Waals surface area contributed by atoms with Crippen LogP contribution in [0.5, 0.6) is 5.75 Å². The molecule has 2 aromatic rings. The van der Waals surface area contributed by atoms with Crippen molar-refractivity contribution in [1.82, 2.24) is 25.1 Å². The largest absolute Gasteiger partial charge is 0.497 e. The number of carbonyl (C=O) groups is 2. The number of benzene rings is 1. The Morgan fingerprint density at radius 3 is 2.75 bits per heavy atom. The minimum atomic E-state index is -0.501. The number of hydrogen-bond acceptors (Lipinski definition) is 8. The third-order valence-electron chi connectivity index (χ3n) is 4.46. The van der Waals surface area contributed by atoms with Crippen molar-refractivity contribution >= 4 is 23.6 Å². The van der Waals surface area contributed by atoms with Gasteiger partial charge in [0, 0.05) is 6.54 Å². The second-order valence-electron chi connectivity index (χ2n) is 6.21. The van der Waals surface area contributed by atoms with E-state index >= 15 is 0 Å². The van der Waals surface area contributed by atoms with Crippen LogP contribution in [0.15, 0.2) is 29.4 Å². The number of ether oxygens (including phenoxy) is 2. The molecule has 0 radical (unpaired) electrons. The molecule has 10 heteroatoms. The number of tetrazole rings is 1. The smallest absolute Gasteiger partial charge is 0.328 e. The summed E-state index contributed by atoms with van der Waals surface area (Å²) in [5, 5.41) is 12.2. The SMILES string of the molecule is CCOC(=O)[C@H]1CCCCN1C(=O)CSc1nnnn1-c1ccc(OC)cc1. The number of methoxy groups -OCH3 is 1. The zero-order valence-electron chi connectivity index (χ0n) is 15.9.